The van der Waals surface area contributed by atoms with Crippen LogP contribution in [-0.4, -0.2) is 4.21 Å². The average Bonchev–Trinajstić information content (AvgIpc) is 2.33. The van der Waals surface area contributed by atoms with Crippen LogP contribution < -0.4 is 5.73 Å². The molecule has 0 heterocycles. The third kappa shape index (κ3) is 3.37. The maximum absolute atomic E-state index is 12.4. The van der Waals surface area contributed by atoms with Crippen molar-refractivity contribution in [3.63, 3.8) is 0 Å². The molecule has 0 spiro atoms. The van der Waals surface area contributed by atoms with Crippen molar-refractivity contribution < 1.29 is 4.21 Å². The third-order valence-electron chi connectivity index (χ3n) is 2.93. The smallest absolute Gasteiger partial charge is 0.0635 e. The number of halogens is 1. The second-order valence-corrected chi connectivity index (χ2v) is 6.44. The minimum atomic E-state index is -1.07. The number of nitrogen functional groups attached to an aromatic ring is 1. The first-order chi connectivity index (χ1) is 8.97. The molecule has 0 aliphatic carbocycles. The van der Waals surface area contributed by atoms with E-state index >= 15 is 0 Å². The zero-order valence-corrected chi connectivity index (χ0v) is 12.5. The number of benzene rings is 2. The van der Waals surface area contributed by atoms with E-state index in [0.29, 0.717) is 16.5 Å². The fraction of sp³-hybridized carbons (Fsp3) is 0.200. The first kappa shape index (κ1) is 14.1. The minimum Gasteiger partial charge on any atom is -0.398 e. The molecule has 19 heavy (non-hydrogen) atoms. The Balaban J connectivity index is 2.23. The van der Waals surface area contributed by atoms with E-state index in [-0.39, 0.29) is 0 Å². The molecular formula is C15H16ClNOS. The van der Waals surface area contributed by atoms with E-state index in [9.17, 15) is 4.21 Å². The van der Waals surface area contributed by atoms with Crippen LogP contribution in [0.2, 0.25) is 5.02 Å². The molecule has 2 aromatic rings. The number of hydrogen-bond acceptors (Lipinski definition) is 2. The molecule has 2 nitrogen and oxygen atoms in total. The summed E-state index contributed by atoms with van der Waals surface area (Å²) in [5.74, 6) is 0.450. The molecule has 2 N–H and O–H groups in total. The minimum absolute atomic E-state index is 0.450. The molecule has 100 valence electrons. The highest BCUT2D eigenvalue weighted by molar-refractivity contribution is 7.84. The molecule has 0 radical (unpaired) electrons. The predicted molar refractivity (Wildman–Crippen MR) is 81.9 cm³/mol. The summed E-state index contributed by atoms with van der Waals surface area (Å²) < 4.78 is 12.4. The van der Waals surface area contributed by atoms with E-state index in [0.717, 1.165) is 16.0 Å². The fourth-order valence-corrected chi connectivity index (χ4v) is 3.36. The second kappa shape index (κ2) is 5.76. The maximum Gasteiger partial charge on any atom is 0.0635 e. The van der Waals surface area contributed by atoms with Crippen LogP contribution in [0.4, 0.5) is 5.69 Å². The Kier molecular flexibility index (Phi) is 4.27. The van der Waals surface area contributed by atoms with Gasteiger partial charge in [0.2, 0.25) is 0 Å². The van der Waals surface area contributed by atoms with Gasteiger partial charge in [-0.2, -0.15) is 0 Å². The van der Waals surface area contributed by atoms with E-state index < -0.39 is 10.8 Å². The molecule has 0 amide bonds. The molecule has 0 aliphatic heterocycles. The number of anilines is 1. The SMILES string of the molecule is Cc1ccc(S(=O)Cc2ccc(Cl)c(N)c2)c(C)c1. The van der Waals surface area contributed by atoms with E-state index in [1.54, 1.807) is 12.1 Å². The average molecular weight is 294 g/mol. The molecule has 0 saturated carbocycles. The van der Waals surface area contributed by atoms with Gasteiger partial charge < -0.3 is 5.73 Å². The lowest BCUT2D eigenvalue weighted by molar-refractivity contribution is 0.682. The summed E-state index contributed by atoms with van der Waals surface area (Å²) in [5, 5.41) is 0.529. The van der Waals surface area contributed by atoms with Crippen molar-refractivity contribution in [1.82, 2.24) is 0 Å². The van der Waals surface area contributed by atoms with Gasteiger partial charge in [0.05, 0.1) is 27.3 Å². The van der Waals surface area contributed by atoms with Gasteiger partial charge in [-0.1, -0.05) is 35.4 Å². The molecular weight excluding hydrogens is 278 g/mol. The van der Waals surface area contributed by atoms with E-state index in [2.05, 4.69) is 0 Å². The summed E-state index contributed by atoms with van der Waals surface area (Å²) in [6.45, 7) is 4.01. The van der Waals surface area contributed by atoms with Crippen LogP contribution in [-0.2, 0) is 16.6 Å². The third-order valence-corrected chi connectivity index (χ3v) is 4.82. The number of nitrogens with two attached hydrogens (primary N) is 1. The summed E-state index contributed by atoms with van der Waals surface area (Å²) in [7, 11) is -1.07. The Hall–Kier alpha value is -1.32. The van der Waals surface area contributed by atoms with Gasteiger partial charge in [0.25, 0.3) is 0 Å². The lowest BCUT2D eigenvalue weighted by Gasteiger charge is -2.08. The van der Waals surface area contributed by atoms with Crippen LogP contribution in [0.15, 0.2) is 41.3 Å². The van der Waals surface area contributed by atoms with Gasteiger partial charge in [0.15, 0.2) is 0 Å². The second-order valence-electron chi connectivity index (χ2n) is 4.61. The van der Waals surface area contributed by atoms with E-state index in [1.165, 1.54) is 5.56 Å². The van der Waals surface area contributed by atoms with Crippen molar-refractivity contribution >= 4 is 28.1 Å². The molecule has 0 fully saturated rings. The van der Waals surface area contributed by atoms with Crippen molar-refractivity contribution in [2.75, 3.05) is 5.73 Å². The Morgan fingerprint density at radius 3 is 2.53 bits per heavy atom. The number of hydrogen-bond donors (Lipinski definition) is 1. The molecule has 0 aromatic heterocycles. The van der Waals surface area contributed by atoms with Crippen molar-refractivity contribution in [3.05, 3.63) is 58.1 Å². The van der Waals surface area contributed by atoms with Crippen LogP contribution >= 0.6 is 11.6 Å². The van der Waals surface area contributed by atoms with Gasteiger partial charge in [-0.05, 0) is 43.2 Å². The van der Waals surface area contributed by atoms with Gasteiger partial charge in [0.1, 0.15) is 0 Å². The maximum atomic E-state index is 12.4. The monoisotopic (exact) mass is 293 g/mol. The molecule has 0 bridgehead atoms. The van der Waals surface area contributed by atoms with E-state index in [4.69, 9.17) is 17.3 Å². The first-order valence-corrected chi connectivity index (χ1v) is 7.66. The van der Waals surface area contributed by atoms with Gasteiger partial charge in [0, 0.05) is 4.90 Å². The van der Waals surface area contributed by atoms with Gasteiger partial charge in [-0.3, -0.25) is 4.21 Å². The summed E-state index contributed by atoms with van der Waals surface area (Å²) in [6, 6.07) is 11.3. The fourth-order valence-electron chi connectivity index (χ4n) is 1.97. The van der Waals surface area contributed by atoms with Crippen LogP contribution in [0.5, 0.6) is 0 Å². The summed E-state index contributed by atoms with van der Waals surface area (Å²) in [6.07, 6.45) is 0. The molecule has 1 unspecified atom stereocenters. The van der Waals surface area contributed by atoms with Crippen LogP contribution in [0.1, 0.15) is 16.7 Å². The Labute approximate surface area is 121 Å². The highest BCUT2D eigenvalue weighted by atomic mass is 35.5. The quantitative estimate of drug-likeness (QED) is 0.874. The zero-order valence-electron chi connectivity index (χ0n) is 10.9. The van der Waals surface area contributed by atoms with Crippen LogP contribution in [0.25, 0.3) is 0 Å². The summed E-state index contributed by atoms with van der Waals surface area (Å²) >= 11 is 5.88. The molecule has 0 aliphatic rings. The van der Waals surface area contributed by atoms with Crippen molar-refractivity contribution in [3.8, 4) is 0 Å². The summed E-state index contributed by atoms with van der Waals surface area (Å²) in [4.78, 5) is 0.874. The summed E-state index contributed by atoms with van der Waals surface area (Å²) in [5.41, 5.74) is 9.44. The largest absolute Gasteiger partial charge is 0.398 e. The van der Waals surface area contributed by atoms with Crippen molar-refractivity contribution in [2.45, 2.75) is 24.5 Å². The standard InChI is InChI=1S/C15H16ClNOS/c1-10-3-6-15(11(2)7-10)19(18)9-12-4-5-13(16)14(17)8-12/h3-8H,9,17H2,1-2H3. The number of aryl methyl sites for hydroxylation is 2. The van der Waals surface area contributed by atoms with Gasteiger partial charge in [-0.25, -0.2) is 0 Å². The van der Waals surface area contributed by atoms with Gasteiger partial charge >= 0.3 is 0 Å². The molecule has 2 aromatic carbocycles. The molecule has 4 heteroatoms. The number of rotatable bonds is 3. The Bertz CT molecular complexity index is 640. The highest BCUT2D eigenvalue weighted by Gasteiger charge is 2.09. The molecule has 0 saturated heterocycles. The normalized spacial score (nSPS) is 12.4. The predicted octanol–water partition coefficient (Wildman–Crippen LogP) is 3.85. The van der Waals surface area contributed by atoms with Crippen molar-refractivity contribution in [2.24, 2.45) is 0 Å². The highest BCUT2D eigenvalue weighted by Crippen LogP contribution is 2.22. The Morgan fingerprint density at radius 1 is 1.16 bits per heavy atom. The topological polar surface area (TPSA) is 43.1 Å². The van der Waals surface area contributed by atoms with Crippen LogP contribution in [0.3, 0.4) is 0 Å². The molecule has 1 atom stereocenters. The zero-order chi connectivity index (χ0) is 14.0. The van der Waals surface area contributed by atoms with E-state index in [1.807, 2.05) is 38.1 Å². The lowest BCUT2D eigenvalue weighted by Crippen LogP contribution is -2.00. The van der Waals surface area contributed by atoms with Gasteiger partial charge in [-0.15, -0.1) is 0 Å². The Morgan fingerprint density at radius 2 is 1.89 bits per heavy atom. The first-order valence-electron chi connectivity index (χ1n) is 5.97. The lowest BCUT2D eigenvalue weighted by atomic mass is 10.2. The van der Waals surface area contributed by atoms with Crippen LogP contribution in [0, 0.1) is 13.8 Å². The molecule has 2 rings (SSSR count). The van der Waals surface area contributed by atoms with Crippen molar-refractivity contribution in [1.29, 1.82) is 0 Å².